The molecule has 3 aromatic rings. The van der Waals surface area contributed by atoms with Gasteiger partial charge in [-0.05, 0) is 39.0 Å². The molecule has 7 nitrogen and oxygen atoms in total. The van der Waals surface area contributed by atoms with E-state index in [1.165, 1.54) is 5.56 Å². The molecule has 146 valence electrons. The van der Waals surface area contributed by atoms with Crippen LogP contribution in [-0.4, -0.2) is 40.9 Å². The highest BCUT2D eigenvalue weighted by Gasteiger charge is 2.19. The van der Waals surface area contributed by atoms with Crippen LogP contribution in [0, 0.1) is 20.8 Å². The van der Waals surface area contributed by atoms with Crippen molar-refractivity contribution < 1.29 is 18.8 Å². The fourth-order valence-electron chi connectivity index (χ4n) is 2.63. The van der Waals surface area contributed by atoms with Gasteiger partial charge in [0.05, 0.1) is 16.6 Å². The maximum Gasteiger partial charge on any atom is 0.339 e. The van der Waals surface area contributed by atoms with Gasteiger partial charge >= 0.3 is 5.97 Å². The van der Waals surface area contributed by atoms with Gasteiger partial charge in [-0.2, -0.15) is 0 Å². The smallest absolute Gasteiger partial charge is 0.339 e. The summed E-state index contributed by atoms with van der Waals surface area (Å²) >= 11 is 1.65. The highest BCUT2D eigenvalue weighted by atomic mass is 32.2. The number of hydrogen-bond acceptors (Lipinski definition) is 7. The van der Waals surface area contributed by atoms with Gasteiger partial charge in [-0.1, -0.05) is 22.9 Å². The van der Waals surface area contributed by atoms with Crippen molar-refractivity contribution in [2.45, 2.75) is 25.7 Å². The van der Waals surface area contributed by atoms with Crippen LogP contribution in [0.1, 0.15) is 27.3 Å². The van der Waals surface area contributed by atoms with E-state index in [2.05, 4.69) is 27.6 Å². The minimum atomic E-state index is -0.606. The number of ether oxygens (including phenoxy) is 1. The number of carbonyl (C=O) groups is 2. The second-order valence-electron chi connectivity index (χ2n) is 6.35. The Morgan fingerprint density at radius 2 is 1.93 bits per heavy atom. The molecule has 0 saturated carbocycles. The van der Waals surface area contributed by atoms with E-state index in [9.17, 15) is 9.59 Å². The van der Waals surface area contributed by atoms with Crippen molar-refractivity contribution in [1.82, 2.24) is 15.5 Å². The number of rotatable bonds is 7. The summed E-state index contributed by atoms with van der Waals surface area (Å²) in [6, 6.07) is 9.80. The normalized spacial score (nSPS) is 10.8. The number of thioether (sulfide) groups is 1. The van der Waals surface area contributed by atoms with Gasteiger partial charge in [0.15, 0.2) is 6.61 Å². The summed E-state index contributed by atoms with van der Waals surface area (Å²) in [5.74, 6) is -0.222. The third-order valence-electron chi connectivity index (χ3n) is 4.01. The van der Waals surface area contributed by atoms with E-state index >= 15 is 0 Å². The molecule has 0 aliphatic heterocycles. The number of esters is 1. The molecule has 0 radical (unpaired) electrons. The quantitative estimate of drug-likeness (QED) is 0.370. The van der Waals surface area contributed by atoms with Crippen molar-refractivity contribution >= 4 is 34.7 Å². The predicted molar refractivity (Wildman–Crippen MR) is 106 cm³/mol. The Bertz CT molecular complexity index is 999. The standard InChI is InChI=1S/C20H21N3O4S/c1-12-4-6-15(7-5-12)28-9-8-21-17(24)11-26-20(25)16-10-13(2)22-19-18(16)14(3)23-27-19/h4-7,10H,8-9,11H2,1-3H3,(H,21,24). The van der Waals surface area contributed by atoms with Crippen molar-refractivity contribution in [1.29, 1.82) is 0 Å². The molecule has 3 rings (SSSR count). The second-order valence-corrected chi connectivity index (χ2v) is 7.52. The summed E-state index contributed by atoms with van der Waals surface area (Å²) in [5.41, 5.74) is 2.94. The summed E-state index contributed by atoms with van der Waals surface area (Å²) in [6.45, 7) is 5.64. The van der Waals surface area contributed by atoms with Gasteiger partial charge < -0.3 is 14.6 Å². The third-order valence-corrected chi connectivity index (χ3v) is 5.03. The van der Waals surface area contributed by atoms with Gasteiger partial charge in [-0.25, -0.2) is 9.78 Å². The number of nitrogens with zero attached hydrogens (tertiary/aromatic N) is 2. The Kier molecular flexibility index (Phi) is 6.30. The Hall–Kier alpha value is -2.87. The van der Waals surface area contributed by atoms with Crippen LogP contribution in [0.15, 0.2) is 39.8 Å². The Labute approximate surface area is 166 Å². The Balaban J connectivity index is 1.47. The van der Waals surface area contributed by atoms with Crippen LogP contribution in [0.25, 0.3) is 11.1 Å². The van der Waals surface area contributed by atoms with E-state index in [-0.39, 0.29) is 18.2 Å². The number of nitrogens with one attached hydrogen (secondary N) is 1. The fraction of sp³-hybridized carbons (Fsp3) is 0.300. The molecular weight excluding hydrogens is 378 g/mol. The largest absolute Gasteiger partial charge is 0.452 e. The van der Waals surface area contributed by atoms with Crippen LogP contribution < -0.4 is 5.32 Å². The van der Waals surface area contributed by atoms with Crippen LogP contribution in [0.2, 0.25) is 0 Å². The van der Waals surface area contributed by atoms with Crippen LogP contribution in [0.4, 0.5) is 0 Å². The lowest BCUT2D eigenvalue weighted by molar-refractivity contribution is -0.124. The number of benzene rings is 1. The average Bonchev–Trinajstić information content (AvgIpc) is 3.04. The van der Waals surface area contributed by atoms with Gasteiger partial charge in [-0.15, -0.1) is 11.8 Å². The van der Waals surface area contributed by atoms with E-state index in [1.54, 1.807) is 31.7 Å². The molecule has 0 spiro atoms. The predicted octanol–water partition coefficient (Wildman–Crippen LogP) is 3.21. The van der Waals surface area contributed by atoms with Crippen LogP contribution in [-0.2, 0) is 9.53 Å². The zero-order valence-corrected chi connectivity index (χ0v) is 16.8. The fourth-order valence-corrected chi connectivity index (χ4v) is 3.40. The molecule has 0 fully saturated rings. The molecular formula is C20H21N3O4S. The third kappa shape index (κ3) is 4.89. The number of amides is 1. The molecule has 1 amide bonds. The van der Waals surface area contributed by atoms with Gasteiger partial charge in [0, 0.05) is 22.9 Å². The molecule has 0 unspecified atom stereocenters. The van der Waals surface area contributed by atoms with Crippen molar-refractivity contribution in [3.63, 3.8) is 0 Å². The lowest BCUT2D eigenvalue weighted by Gasteiger charge is -2.08. The first-order chi connectivity index (χ1) is 13.4. The molecule has 28 heavy (non-hydrogen) atoms. The highest BCUT2D eigenvalue weighted by Crippen LogP contribution is 2.22. The lowest BCUT2D eigenvalue weighted by atomic mass is 10.1. The van der Waals surface area contributed by atoms with E-state index in [1.807, 2.05) is 19.1 Å². The van der Waals surface area contributed by atoms with Crippen molar-refractivity contribution in [2.75, 3.05) is 18.9 Å². The van der Waals surface area contributed by atoms with E-state index in [0.717, 1.165) is 10.6 Å². The van der Waals surface area contributed by atoms with Crippen LogP contribution >= 0.6 is 11.8 Å². The summed E-state index contributed by atoms with van der Waals surface area (Å²) in [5, 5.41) is 7.08. The minimum Gasteiger partial charge on any atom is -0.452 e. The van der Waals surface area contributed by atoms with Crippen LogP contribution in [0.5, 0.6) is 0 Å². The topological polar surface area (TPSA) is 94.3 Å². The average molecular weight is 399 g/mol. The number of hydrogen-bond donors (Lipinski definition) is 1. The first-order valence-corrected chi connectivity index (χ1v) is 9.79. The number of pyridine rings is 1. The van der Waals surface area contributed by atoms with Gasteiger partial charge in [0.25, 0.3) is 11.6 Å². The molecule has 0 saturated heterocycles. The first-order valence-electron chi connectivity index (χ1n) is 8.81. The second kappa shape index (κ2) is 8.88. The number of carbonyl (C=O) groups excluding carboxylic acids is 2. The summed E-state index contributed by atoms with van der Waals surface area (Å²) < 4.78 is 10.3. The maximum atomic E-state index is 12.4. The molecule has 0 aliphatic rings. The maximum absolute atomic E-state index is 12.4. The highest BCUT2D eigenvalue weighted by molar-refractivity contribution is 7.99. The Morgan fingerprint density at radius 3 is 2.68 bits per heavy atom. The number of aryl methyl sites for hydroxylation is 3. The molecule has 0 bridgehead atoms. The van der Waals surface area contributed by atoms with Crippen molar-refractivity contribution in [3.05, 3.63) is 52.8 Å². The molecule has 1 aromatic carbocycles. The lowest BCUT2D eigenvalue weighted by Crippen LogP contribution is -2.30. The molecule has 0 aliphatic carbocycles. The monoisotopic (exact) mass is 399 g/mol. The van der Waals surface area contributed by atoms with E-state index in [4.69, 9.17) is 9.26 Å². The summed E-state index contributed by atoms with van der Waals surface area (Å²) in [6.07, 6.45) is 0. The first kappa shape index (κ1) is 19.9. The zero-order chi connectivity index (χ0) is 20.1. The number of fused-ring (bicyclic) bond motifs is 1. The molecule has 2 heterocycles. The summed E-state index contributed by atoms with van der Waals surface area (Å²) in [7, 11) is 0. The van der Waals surface area contributed by atoms with E-state index < -0.39 is 5.97 Å². The zero-order valence-electron chi connectivity index (χ0n) is 15.9. The van der Waals surface area contributed by atoms with Crippen molar-refractivity contribution in [2.24, 2.45) is 0 Å². The molecule has 8 heteroatoms. The van der Waals surface area contributed by atoms with Gasteiger partial charge in [0.1, 0.15) is 0 Å². The Morgan fingerprint density at radius 1 is 1.18 bits per heavy atom. The van der Waals surface area contributed by atoms with Crippen molar-refractivity contribution in [3.8, 4) is 0 Å². The molecule has 1 N–H and O–H groups in total. The molecule has 0 atom stereocenters. The minimum absolute atomic E-state index is 0.280. The summed E-state index contributed by atoms with van der Waals surface area (Å²) in [4.78, 5) is 29.7. The van der Waals surface area contributed by atoms with Gasteiger partial charge in [-0.3, -0.25) is 4.79 Å². The van der Waals surface area contributed by atoms with Crippen LogP contribution in [0.3, 0.4) is 0 Å². The number of aromatic nitrogens is 2. The van der Waals surface area contributed by atoms with Gasteiger partial charge in [0.2, 0.25) is 0 Å². The van der Waals surface area contributed by atoms with E-state index in [0.29, 0.717) is 28.9 Å². The molecule has 2 aromatic heterocycles. The SMILES string of the molecule is Cc1ccc(SCCNC(=O)COC(=O)c2cc(C)nc3onc(C)c23)cc1.